The van der Waals surface area contributed by atoms with E-state index in [-0.39, 0.29) is 12.2 Å². The van der Waals surface area contributed by atoms with Crippen molar-refractivity contribution in [2.45, 2.75) is 12.7 Å². The standard InChI is InChI=1S/C13H21N2O3P/c1-11(16)15(4)13(12-8-6-5-7-9-12)19(17,18)10-14(2)3/h5-9,13H,10H2,1-4H3,(H,17,18)/t13-/m0/s1. The summed E-state index contributed by atoms with van der Waals surface area (Å²) in [6, 6.07) is 8.96. The minimum absolute atomic E-state index is 0.0319. The summed E-state index contributed by atoms with van der Waals surface area (Å²) in [5.41, 5.74) is 0.674. The van der Waals surface area contributed by atoms with Gasteiger partial charge >= 0.3 is 0 Å². The van der Waals surface area contributed by atoms with E-state index in [2.05, 4.69) is 0 Å². The molecule has 0 heterocycles. The van der Waals surface area contributed by atoms with Gasteiger partial charge in [-0.05, 0) is 19.7 Å². The number of carbonyl (C=O) groups is 1. The van der Waals surface area contributed by atoms with Crippen LogP contribution in [0.15, 0.2) is 30.3 Å². The predicted molar refractivity (Wildman–Crippen MR) is 76.0 cm³/mol. The number of carbonyl (C=O) groups excluding carboxylic acids is 1. The second-order valence-electron chi connectivity index (χ2n) is 4.89. The lowest BCUT2D eigenvalue weighted by atomic mass is 10.2. The molecular weight excluding hydrogens is 263 g/mol. The van der Waals surface area contributed by atoms with Crippen LogP contribution in [0.5, 0.6) is 0 Å². The molecule has 19 heavy (non-hydrogen) atoms. The van der Waals surface area contributed by atoms with Gasteiger partial charge in [0.2, 0.25) is 13.3 Å². The van der Waals surface area contributed by atoms with Gasteiger partial charge in [0.15, 0.2) is 0 Å². The van der Waals surface area contributed by atoms with Crippen molar-refractivity contribution in [3.8, 4) is 0 Å². The van der Waals surface area contributed by atoms with Crippen molar-refractivity contribution < 1.29 is 14.3 Å². The number of nitrogens with zero attached hydrogens (tertiary/aromatic N) is 2. The van der Waals surface area contributed by atoms with Gasteiger partial charge in [0.1, 0.15) is 5.78 Å². The van der Waals surface area contributed by atoms with E-state index in [0.717, 1.165) is 0 Å². The molecule has 0 spiro atoms. The van der Waals surface area contributed by atoms with Gasteiger partial charge in [-0.2, -0.15) is 0 Å². The summed E-state index contributed by atoms with van der Waals surface area (Å²) in [6.45, 7) is 1.39. The predicted octanol–water partition coefficient (Wildman–Crippen LogP) is 1.95. The van der Waals surface area contributed by atoms with Crippen LogP contribution in [0.25, 0.3) is 0 Å². The molecule has 0 fully saturated rings. The molecule has 0 bridgehead atoms. The van der Waals surface area contributed by atoms with Crippen molar-refractivity contribution in [3.63, 3.8) is 0 Å². The second kappa shape index (κ2) is 6.33. The molecule has 1 amide bonds. The third-order valence-electron chi connectivity index (χ3n) is 2.83. The maximum absolute atomic E-state index is 12.6. The van der Waals surface area contributed by atoms with Crippen molar-refractivity contribution >= 4 is 13.3 Å². The Hall–Kier alpha value is -1.16. The maximum atomic E-state index is 12.6. The Kier molecular flexibility index (Phi) is 5.29. The molecule has 6 heteroatoms. The Morgan fingerprint density at radius 2 is 1.79 bits per heavy atom. The number of hydrogen-bond donors (Lipinski definition) is 1. The largest absolute Gasteiger partial charge is 0.342 e. The molecule has 0 aliphatic rings. The zero-order valence-electron chi connectivity index (χ0n) is 11.8. The summed E-state index contributed by atoms with van der Waals surface area (Å²) in [5, 5.41) is 0. The summed E-state index contributed by atoms with van der Waals surface area (Å²) in [5.74, 6) is -1.05. The van der Waals surface area contributed by atoms with Crippen LogP contribution in [-0.4, -0.2) is 48.0 Å². The Morgan fingerprint density at radius 3 is 2.21 bits per heavy atom. The minimum atomic E-state index is -3.56. The Morgan fingerprint density at radius 1 is 1.26 bits per heavy atom. The van der Waals surface area contributed by atoms with Gasteiger partial charge in [-0.3, -0.25) is 9.36 Å². The molecule has 0 aliphatic heterocycles. The highest BCUT2D eigenvalue weighted by atomic mass is 31.2. The Bertz CT molecular complexity index is 476. The van der Waals surface area contributed by atoms with Crippen molar-refractivity contribution in [2.75, 3.05) is 27.4 Å². The number of benzene rings is 1. The fraction of sp³-hybridized carbons (Fsp3) is 0.462. The molecule has 1 unspecified atom stereocenters. The van der Waals surface area contributed by atoms with Gasteiger partial charge in [-0.1, -0.05) is 30.3 Å². The van der Waals surface area contributed by atoms with E-state index >= 15 is 0 Å². The van der Waals surface area contributed by atoms with E-state index < -0.39 is 13.2 Å². The molecule has 1 aromatic carbocycles. The van der Waals surface area contributed by atoms with Crippen molar-refractivity contribution in [3.05, 3.63) is 35.9 Å². The summed E-state index contributed by atoms with van der Waals surface area (Å²) >= 11 is 0. The van der Waals surface area contributed by atoms with Crippen LogP contribution in [-0.2, 0) is 9.36 Å². The highest BCUT2D eigenvalue weighted by Crippen LogP contribution is 2.56. The van der Waals surface area contributed by atoms with Gasteiger partial charge in [0.25, 0.3) is 0 Å². The van der Waals surface area contributed by atoms with E-state index in [9.17, 15) is 14.3 Å². The van der Waals surface area contributed by atoms with Crippen LogP contribution in [0.2, 0.25) is 0 Å². The van der Waals surface area contributed by atoms with Crippen LogP contribution < -0.4 is 0 Å². The Labute approximate surface area is 114 Å². The van der Waals surface area contributed by atoms with Gasteiger partial charge in [-0.25, -0.2) is 0 Å². The van der Waals surface area contributed by atoms with Crippen LogP contribution in [0.4, 0.5) is 0 Å². The Balaban J connectivity index is 3.20. The summed E-state index contributed by atoms with van der Waals surface area (Å²) in [4.78, 5) is 24.9. The van der Waals surface area contributed by atoms with Crippen LogP contribution >= 0.6 is 7.37 Å². The van der Waals surface area contributed by atoms with Crippen molar-refractivity contribution in [1.82, 2.24) is 9.80 Å². The first-order chi connectivity index (χ1) is 8.75. The molecule has 5 nitrogen and oxygen atoms in total. The van der Waals surface area contributed by atoms with Crippen molar-refractivity contribution in [1.29, 1.82) is 0 Å². The van der Waals surface area contributed by atoms with Crippen molar-refractivity contribution in [2.24, 2.45) is 0 Å². The lowest BCUT2D eigenvalue weighted by Crippen LogP contribution is -2.31. The number of amides is 1. The van der Waals surface area contributed by atoms with Crippen LogP contribution in [0.1, 0.15) is 18.3 Å². The molecule has 2 atom stereocenters. The van der Waals surface area contributed by atoms with Gasteiger partial charge in [-0.15, -0.1) is 0 Å². The minimum Gasteiger partial charge on any atom is -0.342 e. The molecule has 1 rings (SSSR count). The smallest absolute Gasteiger partial charge is 0.240 e. The number of hydrogen-bond acceptors (Lipinski definition) is 3. The molecule has 1 aromatic rings. The SMILES string of the molecule is CC(=O)N(C)[C@H](c1ccccc1)P(=O)(O)CN(C)C. The normalized spacial score (nSPS) is 15.9. The first-order valence-corrected chi connectivity index (χ1v) is 7.91. The summed E-state index contributed by atoms with van der Waals surface area (Å²) in [6.07, 6.45) is 0.0319. The van der Waals surface area contributed by atoms with Gasteiger partial charge in [0.05, 0.1) is 6.29 Å². The molecule has 0 radical (unpaired) electrons. The topological polar surface area (TPSA) is 60.9 Å². The zero-order chi connectivity index (χ0) is 14.6. The van der Waals surface area contributed by atoms with E-state index in [1.807, 2.05) is 6.07 Å². The van der Waals surface area contributed by atoms with Crippen LogP contribution in [0.3, 0.4) is 0 Å². The molecule has 0 saturated heterocycles. The highest BCUT2D eigenvalue weighted by Gasteiger charge is 2.37. The lowest BCUT2D eigenvalue weighted by molar-refractivity contribution is -0.128. The summed E-state index contributed by atoms with van der Waals surface area (Å²) in [7, 11) is 1.46. The maximum Gasteiger partial charge on any atom is 0.240 e. The molecule has 106 valence electrons. The highest BCUT2D eigenvalue weighted by molar-refractivity contribution is 7.58. The van der Waals surface area contributed by atoms with E-state index in [0.29, 0.717) is 5.56 Å². The first kappa shape index (κ1) is 15.9. The van der Waals surface area contributed by atoms with Gasteiger partial charge < -0.3 is 14.7 Å². The monoisotopic (exact) mass is 284 g/mol. The van der Waals surface area contributed by atoms with Gasteiger partial charge in [0, 0.05) is 14.0 Å². The molecule has 0 aromatic heterocycles. The third-order valence-corrected chi connectivity index (χ3v) is 5.21. The average molecular weight is 284 g/mol. The van der Waals surface area contributed by atoms with Crippen LogP contribution in [0, 0.1) is 0 Å². The second-order valence-corrected chi connectivity index (χ2v) is 7.17. The molecule has 1 N–H and O–H groups in total. The van der Waals surface area contributed by atoms with E-state index in [1.165, 1.54) is 11.8 Å². The first-order valence-electron chi connectivity index (χ1n) is 6.00. The third kappa shape index (κ3) is 4.16. The zero-order valence-corrected chi connectivity index (χ0v) is 12.7. The molecule has 0 saturated carbocycles. The fourth-order valence-corrected chi connectivity index (χ4v) is 4.31. The summed E-state index contributed by atoms with van der Waals surface area (Å²) < 4.78 is 12.6. The fourth-order valence-electron chi connectivity index (χ4n) is 2.01. The molecular formula is C13H21N2O3P. The van der Waals surface area contributed by atoms with E-state index in [1.54, 1.807) is 50.3 Å². The quantitative estimate of drug-likeness (QED) is 0.840. The van der Waals surface area contributed by atoms with E-state index in [4.69, 9.17) is 0 Å². The average Bonchev–Trinajstić information content (AvgIpc) is 2.28. The molecule has 0 aliphatic carbocycles. The lowest BCUT2D eigenvalue weighted by Gasteiger charge is -2.32. The number of rotatable bonds is 5.